The van der Waals surface area contributed by atoms with Crippen molar-refractivity contribution in [1.82, 2.24) is 0 Å². The molecule has 4 rings (SSSR count). The van der Waals surface area contributed by atoms with Gasteiger partial charge in [0.1, 0.15) is 26.4 Å². The zero-order chi connectivity index (χ0) is 33.5. The largest absolute Gasteiger partial charge is 0.487 e. The van der Waals surface area contributed by atoms with Crippen molar-refractivity contribution in [2.24, 2.45) is 0 Å². The first-order valence-electron chi connectivity index (χ1n) is 16.1. The summed E-state index contributed by atoms with van der Waals surface area (Å²) in [5.41, 5.74) is 0.273. The van der Waals surface area contributed by atoms with Crippen molar-refractivity contribution in [2.75, 3.05) is 137 Å². The smallest absolute Gasteiger partial charge is 0.262 e. The quantitative estimate of drug-likeness (QED) is 0.497. The van der Waals surface area contributed by atoms with Crippen LogP contribution in [0.2, 0.25) is 0 Å². The molecule has 0 amide bonds. The normalized spacial score (nSPS) is 19.8. The number of benzene rings is 2. The predicted molar refractivity (Wildman–Crippen MR) is 172 cm³/mol. The molecule has 16 heteroatoms. The molecule has 0 saturated carbocycles. The summed E-state index contributed by atoms with van der Waals surface area (Å²) in [5.74, 6) is 1.40. The Bertz CT molecular complexity index is 1280. The van der Waals surface area contributed by atoms with E-state index in [9.17, 15) is 8.42 Å². The molecule has 0 aromatic heterocycles. The van der Waals surface area contributed by atoms with Crippen LogP contribution in [0.25, 0.3) is 0 Å². The molecular formula is C32H47NO14S. The lowest BCUT2D eigenvalue weighted by Crippen LogP contribution is -2.17. The molecule has 0 saturated heterocycles. The number of hydrogen-bond donors (Lipinski definition) is 1. The summed E-state index contributed by atoms with van der Waals surface area (Å²) >= 11 is 0. The Labute approximate surface area is 281 Å². The van der Waals surface area contributed by atoms with Gasteiger partial charge in [0, 0.05) is 12.1 Å². The van der Waals surface area contributed by atoms with Gasteiger partial charge in [0.2, 0.25) is 0 Å². The van der Waals surface area contributed by atoms with Gasteiger partial charge >= 0.3 is 0 Å². The Kier molecular flexibility index (Phi) is 17.9. The van der Waals surface area contributed by atoms with Crippen LogP contribution in [0.3, 0.4) is 0 Å². The molecule has 48 heavy (non-hydrogen) atoms. The molecular weight excluding hydrogens is 654 g/mol. The second kappa shape index (κ2) is 22.7. The van der Waals surface area contributed by atoms with Crippen LogP contribution >= 0.6 is 0 Å². The molecule has 0 unspecified atom stereocenters. The first kappa shape index (κ1) is 37.9. The lowest BCUT2D eigenvalue weighted by Gasteiger charge is -2.17. The fourth-order valence-corrected chi connectivity index (χ4v) is 5.34. The second-order valence-corrected chi connectivity index (χ2v) is 11.9. The lowest BCUT2D eigenvalue weighted by molar-refractivity contribution is -0.00843. The monoisotopic (exact) mass is 701 g/mol. The van der Waals surface area contributed by atoms with Gasteiger partial charge in [-0.05, 0) is 24.3 Å². The van der Waals surface area contributed by atoms with Gasteiger partial charge in [-0.15, -0.1) is 0 Å². The van der Waals surface area contributed by atoms with Crippen molar-refractivity contribution in [3.8, 4) is 23.0 Å². The Hall–Kier alpha value is -2.93. The van der Waals surface area contributed by atoms with E-state index in [4.69, 9.17) is 56.8 Å². The predicted octanol–water partition coefficient (Wildman–Crippen LogP) is 2.16. The van der Waals surface area contributed by atoms with Gasteiger partial charge in [0.05, 0.1) is 116 Å². The molecule has 0 atom stereocenters. The molecule has 0 fully saturated rings. The number of ether oxygens (including phenoxy) is 12. The summed E-state index contributed by atoms with van der Waals surface area (Å²) in [6, 6.07) is 9.19. The van der Waals surface area contributed by atoms with Crippen LogP contribution in [0.4, 0.5) is 5.69 Å². The molecule has 2 aromatic rings. The lowest BCUT2D eigenvalue weighted by atomic mass is 10.3. The average molecular weight is 702 g/mol. The summed E-state index contributed by atoms with van der Waals surface area (Å²) in [5, 5.41) is 0. The Morgan fingerprint density at radius 3 is 1.08 bits per heavy atom. The highest BCUT2D eigenvalue weighted by atomic mass is 32.2. The highest BCUT2D eigenvalue weighted by molar-refractivity contribution is 7.92. The number of fused-ring (bicyclic) bond motifs is 2. The van der Waals surface area contributed by atoms with Gasteiger partial charge < -0.3 is 56.8 Å². The molecule has 1 N–H and O–H groups in total. The van der Waals surface area contributed by atoms with E-state index in [0.717, 1.165) is 0 Å². The minimum atomic E-state index is -4.05. The second-order valence-electron chi connectivity index (χ2n) is 10.2. The molecule has 0 spiro atoms. The van der Waals surface area contributed by atoms with Crippen LogP contribution in [-0.4, -0.2) is 141 Å². The summed E-state index contributed by atoms with van der Waals surface area (Å²) in [6.45, 7) is 7.34. The van der Waals surface area contributed by atoms with E-state index in [0.29, 0.717) is 116 Å². The Morgan fingerprint density at radius 2 is 0.688 bits per heavy atom. The van der Waals surface area contributed by atoms with Crippen molar-refractivity contribution in [3.63, 3.8) is 0 Å². The number of anilines is 1. The maximum atomic E-state index is 13.5. The minimum absolute atomic E-state index is 0.0255. The van der Waals surface area contributed by atoms with Gasteiger partial charge in [-0.25, -0.2) is 8.42 Å². The SMILES string of the molecule is O=S(=O)(Nc1ccc2c(c1)OCCOCCOCCOCCOCCO2)c1ccc2c(c1)OCCOCCOCCOCCOCCO2. The maximum absolute atomic E-state index is 13.5. The van der Waals surface area contributed by atoms with Gasteiger partial charge in [0.25, 0.3) is 10.0 Å². The standard InChI is InChI=1S/C32H47NO14S/c34-48(35,28-2-4-30-32(26-28)47-24-20-43-16-12-39-8-6-37-10-14-41-18-22-45-30)33-27-1-3-29-31(25-27)46-23-19-42-15-11-38-7-5-36-9-13-40-17-21-44-29/h1-4,25-26,33H,5-24H2. The minimum Gasteiger partial charge on any atom is -0.487 e. The molecule has 15 nitrogen and oxygen atoms in total. The van der Waals surface area contributed by atoms with E-state index in [1.54, 1.807) is 24.3 Å². The molecule has 270 valence electrons. The fourth-order valence-electron chi connectivity index (χ4n) is 4.27. The summed E-state index contributed by atoms with van der Waals surface area (Å²) < 4.78 is 97.3. The topological polar surface area (TPSA) is 157 Å². The van der Waals surface area contributed by atoms with E-state index >= 15 is 0 Å². The van der Waals surface area contributed by atoms with E-state index in [1.165, 1.54) is 12.1 Å². The van der Waals surface area contributed by atoms with Crippen LogP contribution in [0.5, 0.6) is 23.0 Å². The number of rotatable bonds is 3. The first-order valence-corrected chi connectivity index (χ1v) is 17.5. The van der Waals surface area contributed by atoms with Crippen molar-refractivity contribution in [3.05, 3.63) is 36.4 Å². The molecule has 2 aliphatic rings. The van der Waals surface area contributed by atoms with Crippen molar-refractivity contribution < 1.29 is 65.3 Å². The summed E-state index contributed by atoms with van der Waals surface area (Å²) in [7, 11) is -4.05. The zero-order valence-corrected chi connectivity index (χ0v) is 28.0. The third-order valence-corrected chi connectivity index (χ3v) is 7.97. The molecule has 0 bridgehead atoms. The van der Waals surface area contributed by atoms with Crippen molar-refractivity contribution >= 4 is 15.7 Å². The van der Waals surface area contributed by atoms with Crippen molar-refractivity contribution in [2.45, 2.75) is 4.90 Å². The van der Waals surface area contributed by atoms with Crippen LogP contribution < -0.4 is 23.7 Å². The molecule has 2 aliphatic heterocycles. The Morgan fingerprint density at radius 1 is 0.375 bits per heavy atom. The van der Waals surface area contributed by atoms with Crippen LogP contribution in [0, 0.1) is 0 Å². The Balaban J connectivity index is 1.42. The number of sulfonamides is 1. The highest BCUT2D eigenvalue weighted by Gasteiger charge is 2.19. The first-order chi connectivity index (χ1) is 23.6. The van der Waals surface area contributed by atoms with Gasteiger partial charge in [0.15, 0.2) is 23.0 Å². The number of hydrogen-bond acceptors (Lipinski definition) is 14. The van der Waals surface area contributed by atoms with Crippen LogP contribution in [-0.2, 0) is 47.9 Å². The molecule has 2 heterocycles. The van der Waals surface area contributed by atoms with Crippen LogP contribution in [0.1, 0.15) is 0 Å². The summed E-state index contributed by atoms with van der Waals surface area (Å²) in [6.07, 6.45) is 0. The van der Waals surface area contributed by atoms with Crippen molar-refractivity contribution in [1.29, 1.82) is 0 Å². The number of nitrogens with one attached hydrogen (secondary N) is 1. The van der Waals surface area contributed by atoms with E-state index in [1.807, 2.05) is 0 Å². The molecule has 0 aliphatic carbocycles. The van der Waals surface area contributed by atoms with Gasteiger partial charge in [-0.1, -0.05) is 0 Å². The van der Waals surface area contributed by atoms with E-state index in [-0.39, 0.29) is 49.4 Å². The van der Waals surface area contributed by atoms with E-state index in [2.05, 4.69) is 4.72 Å². The zero-order valence-electron chi connectivity index (χ0n) is 27.2. The van der Waals surface area contributed by atoms with E-state index < -0.39 is 10.0 Å². The third kappa shape index (κ3) is 14.7. The van der Waals surface area contributed by atoms with Gasteiger partial charge in [-0.2, -0.15) is 0 Å². The highest BCUT2D eigenvalue weighted by Crippen LogP contribution is 2.34. The molecule has 0 radical (unpaired) electrons. The third-order valence-electron chi connectivity index (χ3n) is 6.59. The average Bonchev–Trinajstić information content (AvgIpc) is 3.08. The van der Waals surface area contributed by atoms with Gasteiger partial charge in [-0.3, -0.25) is 4.72 Å². The fraction of sp³-hybridized carbons (Fsp3) is 0.625. The molecule has 2 aromatic carbocycles. The summed E-state index contributed by atoms with van der Waals surface area (Å²) in [4.78, 5) is -0.0255. The van der Waals surface area contributed by atoms with Crippen LogP contribution in [0.15, 0.2) is 41.3 Å². The maximum Gasteiger partial charge on any atom is 0.262 e.